The lowest BCUT2D eigenvalue weighted by Gasteiger charge is -2.33. The van der Waals surface area contributed by atoms with Crippen LogP contribution in [0.4, 0.5) is 0 Å². The minimum absolute atomic E-state index is 0.483. The number of hydrogen-bond donors (Lipinski definition) is 2. The van der Waals surface area contributed by atoms with Crippen LogP contribution >= 0.6 is 0 Å². The number of nitrogens with two attached hydrogens (primary N) is 1. The first-order valence-corrected chi connectivity index (χ1v) is 8.04. The maximum absolute atomic E-state index is 5.96. The molecular weight excluding hydrogens is 220 g/mol. The van der Waals surface area contributed by atoms with Crippen molar-refractivity contribution in [1.29, 1.82) is 0 Å². The molecule has 2 fully saturated rings. The normalized spacial score (nSPS) is 30.8. The van der Waals surface area contributed by atoms with Gasteiger partial charge in [-0.15, -0.1) is 0 Å². The fourth-order valence-corrected chi connectivity index (χ4v) is 3.84. The van der Waals surface area contributed by atoms with Gasteiger partial charge in [-0.25, -0.2) is 0 Å². The summed E-state index contributed by atoms with van der Waals surface area (Å²) in [6.07, 6.45) is 10.9. The Bertz CT molecular complexity index is 235. The predicted molar refractivity (Wildman–Crippen MR) is 78.5 cm³/mol. The Morgan fingerprint density at radius 3 is 2.22 bits per heavy atom. The minimum atomic E-state index is 0.483. The third kappa shape index (κ3) is 3.96. The second-order valence-corrected chi connectivity index (χ2v) is 7.38. The summed E-state index contributed by atoms with van der Waals surface area (Å²) in [5, 5.41) is 3.75. The number of rotatable bonds is 5. The highest BCUT2D eigenvalue weighted by molar-refractivity contribution is 4.84. The fourth-order valence-electron chi connectivity index (χ4n) is 3.84. The molecule has 2 aliphatic carbocycles. The van der Waals surface area contributed by atoms with Crippen LogP contribution in [0.1, 0.15) is 65.2 Å². The summed E-state index contributed by atoms with van der Waals surface area (Å²) in [4.78, 5) is 0. The van der Waals surface area contributed by atoms with Gasteiger partial charge in [-0.3, -0.25) is 0 Å². The summed E-state index contributed by atoms with van der Waals surface area (Å²) in [6, 6.07) is 0.483. The third-order valence-electron chi connectivity index (χ3n) is 5.37. The monoisotopic (exact) mass is 252 g/mol. The van der Waals surface area contributed by atoms with Crippen molar-refractivity contribution < 1.29 is 0 Å². The fraction of sp³-hybridized carbons (Fsp3) is 1.00. The standard InChI is InChI=1S/C16H32N2/c1-16(2,14-5-3-4-6-14)12-18-11-13-7-9-15(17)10-8-13/h13-15,18H,3-12,17H2,1-2H3. The maximum Gasteiger partial charge on any atom is 0.00390 e. The molecule has 0 heterocycles. The van der Waals surface area contributed by atoms with E-state index in [1.54, 1.807) is 0 Å². The van der Waals surface area contributed by atoms with Gasteiger partial charge in [0.15, 0.2) is 0 Å². The number of hydrogen-bond acceptors (Lipinski definition) is 2. The Balaban J connectivity index is 1.65. The molecule has 0 spiro atoms. The van der Waals surface area contributed by atoms with Gasteiger partial charge in [-0.1, -0.05) is 26.7 Å². The summed E-state index contributed by atoms with van der Waals surface area (Å²) in [5.74, 6) is 1.83. The first kappa shape index (κ1) is 14.3. The molecule has 0 amide bonds. The van der Waals surface area contributed by atoms with Gasteiger partial charge in [0.2, 0.25) is 0 Å². The molecule has 2 rings (SSSR count). The van der Waals surface area contributed by atoms with Crippen LogP contribution < -0.4 is 11.1 Å². The van der Waals surface area contributed by atoms with Crippen molar-refractivity contribution in [3.05, 3.63) is 0 Å². The van der Waals surface area contributed by atoms with Crippen molar-refractivity contribution in [2.45, 2.75) is 71.3 Å². The molecular formula is C16H32N2. The first-order valence-electron chi connectivity index (χ1n) is 8.04. The quantitative estimate of drug-likeness (QED) is 0.788. The molecule has 0 aromatic heterocycles. The average Bonchev–Trinajstić information content (AvgIpc) is 2.86. The Hall–Kier alpha value is -0.0800. The lowest BCUT2D eigenvalue weighted by molar-refractivity contribution is 0.199. The molecule has 0 bridgehead atoms. The molecule has 2 heteroatoms. The van der Waals surface area contributed by atoms with E-state index in [0.29, 0.717) is 11.5 Å². The maximum atomic E-state index is 5.96. The summed E-state index contributed by atoms with van der Waals surface area (Å²) >= 11 is 0. The zero-order chi connectivity index (χ0) is 13.0. The topological polar surface area (TPSA) is 38.0 Å². The molecule has 0 saturated heterocycles. The van der Waals surface area contributed by atoms with Crippen molar-refractivity contribution in [1.82, 2.24) is 5.32 Å². The SMILES string of the molecule is CC(C)(CNCC1CCC(N)CC1)C1CCCC1. The van der Waals surface area contributed by atoms with Gasteiger partial charge in [0.05, 0.1) is 0 Å². The van der Waals surface area contributed by atoms with E-state index in [1.165, 1.54) is 64.5 Å². The zero-order valence-electron chi connectivity index (χ0n) is 12.4. The van der Waals surface area contributed by atoms with Crippen LogP contribution in [-0.4, -0.2) is 19.1 Å². The van der Waals surface area contributed by atoms with Crippen LogP contribution in [-0.2, 0) is 0 Å². The largest absolute Gasteiger partial charge is 0.328 e. The number of nitrogens with one attached hydrogen (secondary N) is 1. The molecule has 0 aromatic carbocycles. The second kappa shape index (κ2) is 6.38. The van der Waals surface area contributed by atoms with Crippen LogP contribution in [0.15, 0.2) is 0 Å². The molecule has 0 unspecified atom stereocenters. The Kier molecular flexibility index (Phi) is 5.08. The summed E-state index contributed by atoms with van der Waals surface area (Å²) < 4.78 is 0. The molecule has 18 heavy (non-hydrogen) atoms. The summed E-state index contributed by atoms with van der Waals surface area (Å²) in [6.45, 7) is 7.31. The van der Waals surface area contributed by atoms with Crippen LogP contribution in [0.25, 0.3) is 0 Å². The molecule has 0 aromatic rings. The van der Waals surface area contributed by atoms with Crippen LogP contribution in [0.3, 0.4) is 0 Å². The average molecular weight is 252 g/mol. The lowest BCUT2D eigenvalue weighted by atomic mass is 9.77. The zero-order valence-corrected chi connectivity index (χ0v) is 12.4. The van der Waals surface area contributed by atoms with Crippen LogP contribution in [0, 0.1) is 17.3 Å². The van der Waals surface area contributed by atoms with Crippen molar-refractivity contribution in [3.8, 4) is 0 Å². The summed E-state index contributed by atoms with van der Waals surface area (Å²) in [7, 11) is 0. The molecule has 2 nitrogen and oxygen atoms in total. The third-order valence-corrected chi connectivity index (χ3v) is 5.37. The molecule has 2 aliphatic rings. The smallest absolute Gasteiger partial charge is 0.00390 e. The molecule has 106 valence electrons. The van der Waals surface area contributed by atoms with E-state index in [4.69, 9.17) is 5.73 Å². The minimum Gasteiger partial charge on any atom is -0.328 e. The van der Waals surface area contributed by atoms with Crippen LogP contribution in [0.5, 0.6) is 0 Å². The highest BCUT2D eigenvalue weighted by Crippen LogP contribution is 2.39. The molecule has 0 atom stereocenters. The van der Waals surface area contributed by atoms with Crippen molar-refractivity contribution in [2.75, 3.05) is 13.1 Å². The predicted octanol–water partition coefficient (Wildman–Crippen LogP) is 3.31. The highest BCUT2D eigenvalue weighted by Gasteiger charge is 2.31. The highest BCUT2D eigenvalue weighted by atomic mass is 14.9. The van der Waals surface area contributed by atoms with Gasteiger partial charge >= 0.3 is 0 Å². The molecule has 0 aliphatic heterocycles. The Morgan fingerprint density at radius 2 is 1.61 bits per heavy atom. The molecule has 3 N–H and O–H groups in total. The van der Waals surface area contributed by atoms with Gasteiger partial charge in [0, 0.05) is 12.6 Å². The van der Waals surface area contributed by atoms with E-state index < -0.39 is 0 Å². The van der Waals surface area contributed by atoms with Gasteiger partial charge in [0.25, 0.3) is 0 Å². The van der Waals surface area contributed by atoms with Gasteiger partial charge < -0.3 is 11.1 Å². The molecule has 2 saturated carbocycles. The van der Waals surface area contributed by atoms with Crippen LogP contribution in [0.2, 0.25) is 0 Å². The lowest BCUT2D eigenvalue weighted by Crippen LogP contribution is -2.38. The van der Waals surface area contributed by atoms with E-state index in [9.17, 15) is 0 Å². The van der Waals surface area contributed by atoms with Crippen molar-refractivity contribution >= 4 is 0 Å². The van der Waals surface area contributed by atoms with E-state index in [1.807, 2.05) is 0 Å². The van der Waals surface area contributed by atoms with E-state index in [-0.39, 0.29) is 0 Å². The van der Waals surface area contributed by atoms with E-state index in [0.717, 1.165) is 11.8 Å². The van der Waals surface area contributed by atoms with E-state index in [2.05, 4.69) is 19.2 Å². The summed E-state index contributed by atoms with van der Waals surface area (Å²) in [5.41, 5.74) is 6.44. The van der Waals surface area contributed by atoms with E-state index >= 15 is 0 Å². The molecule has 0 radical (unpaired) electrons. The van der Waals surface area contributed by atoms with Gasteiger partial charge in [0.1, 0.15) is 0 Å². The first-order chi connectivity index (χ1) is 8.58. The Labute approximate surface area is 113 Å². The van der Waals surface area contributed by atoms with Crippen molar-refractivity contribution in [3.63, 3.8) is 0 Å². The van der Waals surface area contributed by atoms with Crippen molar-refractivity contribution in [2.24, 2.45) is 23.0 Å². The second-order valence-electron chi connectivity index (χ2n) is 7.38. The Morgan fingerprint density at radius 1 is 1.00 bits per heavy atom. The van der Waals surface area contributed by atoms with Gasteiger partial charge in [-0.05, 0) is 62.3 Å². The van der Waals surface area contributed by atoms with Gasteiger partial charge in [-0.2, -0.15) is 0 Å².